The van der Waals surface area contributed by atoms with Gasteiger partial charge in [-0.2, -0.15) is 0 Å². The molecule has 0 saturated heterocycles. The highest BCUT2D eigenvalue weighted by atomic mass is 28.4. The molecular formula is C19H24F3NOSi. The zero-order valence-electron chi connectivity index (χ0n) is 15.3. The Hall–Kier alpha value is -1.66. The van der Waals surface area contributed by atoms with E-state index in [0.29, 0.717) is 18.6 Å². The van der Waals surface area contributed by atoms with Crippen LogP contribution in [-0.4, -0.2) is 19.9 Å². The molecule has 0 aliphatic heterocycles. The second-order valence-electron chi connectivity index (χ2n) is 7.63. The molecule has 0 bridgehead atoms. The van der Waals surface area contributed by atoms with Gasteiger partial charge in [-0.05, 0) is 54.4 Å². The molecule has 2 aromatic rings. The van der Waals surface area contributed by atoms with Gasteiger partial charge in [0.25, 0.3) is 0 Å². The van der Waals surface area contributed by atoms with Crippen LogP contribution in [0.25, 0.3) is 11.3 Å². The van der Waals surface area contributed by atoms with Gasteiger partial charge in [-0.1, -0.05) is 20.8 Å². The summed E-state index contributed by atoms with van der Waals surface area (Å²) in [7, 11) is -1.90. The highest BCUT2D eigenvalue weighted by molar-refractivity contribution is 6.74. The maximum Gasteiger partial charge on any atom is 0.191 e. The maximum absolute atomic E-state index is 14.3. The van der Waals surface area contributed by atoms with Crippen LogP contribution >= 0.6 is 0 Å². The second kappa shape index (κ2) is 7.29. The number of halogens is 3. The third-order valence-electron chi connectivity index (χ3n) is 4.76. The van der Waals surface area contributed by atoms with Crippen molar-refractivity contribution < 1.29 is 17.6 Å². The van der Waals surface area contributed by atoms with Crippen LogP contribution in [0.2, 0.25) is 18.1 Å². The molecule has 2 rings (SSSR count). The molecule has 0 N–H and O–H groups in total. The van der Waals surface area contributed by atoms with E-state index >= 15 is 0 Å². The second-order valence-corrected chi connectivity index (χ2v) is 12.4. The monoisotopic (exact) mass is 367 g/mol. The molecule has 0 aliphatic carbocycles. The molecule has 1 aromatic carbocycles. The molecule has 0 saturated carbocycles. The summed E-state index contributed by atoms with van der Waals surface area (Å²) in [6.07, 6.45) is 1.70. The van der Waals surface area contributed by atoms with E-state index in [1.54, 1.807) is 0 Å². The summed E-state index contributed by atoms with van der Waals surface area (Å²) >= 11 is 0. The van der Waals surface area contributed by atoms with Crippen LogP contribution < -0.4 is 0 Å². The Kier molecular flexibility index (Phi) is 5.74. The van der Waals surface area contributed by atoms with Gasteiger partial charge in [0.15, 0.2) is 8.32 Å². The summed E-state index contributed by atoms with van der Waals surface area (Å²) in [6.45, 7) is 11.0. The first-order chi connectivity index (χ1) is 11.5. The normalized spacial score (nSPS) is 12.5. The van der Waals surface area contributed by atoms with Crippen LogP contribution in [0.5, 0.6) is 0 Å². The van der Waals surface area contributed by atoms with E-state index < -0.39 is 31.3 Å². The molecule has 0 aliphatic rings. The lowest BCUT2D eigenvalue weighted by molar-refractivity contribution is 0.291. The van der Waals surface area contributed by atoms with Crippen molar-refractivity contribution in [1.29, 1.82) is 0 Å². The molecule has 25 heavy (non-hydrogen) atoms. The molecule has 0 atom stereocenters. The minimum Gasteiger partial charge on any atom is -0.416 e. The van der Waals surface area contributed by atoms with E-state index in [-0.39, 0.29) is 10.7 Å². The van der Waals surface area contributed by atoms with Gasteiger partial charge in [-0.25, -0.2) is 13.2 Å². The third-order valence-corrected chi connectivity index (χ3v) is 9.30. The zero-order valence-corrected chi connectivity index (χ0v) is 16.3. The van der Waals surface area contributed by atoms with Gasteiger partial charge in [-0.3, -0.25) is 4.98 Å². The fourth-order valence-electron chi connectivity index (χ4n) is 2.21. The Labute approximate surface area is 148 Å². The van der Waals surface area contributed by atoms with Crippen molar-refractivity contribution in [3.05, 3.63) is 53.5 Å². The maximum atomic E-state index is 14.3. The smallest absolute Gasteiger partial charge is 0.191 e. The van der Waals surface area contributed by atoms with Crippen molar-refractivity contribution in [3.63, 3.8) is 0 Å². The molecular weight excluding hydrogens is 343 g/mol. The molecule has 0 amide bonds. The van der Waals surface area contributed by atoms with E-state index in [2.05, 4.69) is 38.8 Å². The topological polar surface area (TPSA) is 22.1 Å². The van der Waals surface area contributed by atoms with Gasteiger partial charge < -0.3 is 4.43 Å². The highest BCUT2D eigenvalue weighted by Crippen LogP contribution is 2.36. The molecule has 0 fully saturated rings. The third kappa shape index (κ3) is 4.49. The molecule has 0 unspecified atom stereocenters. The van der Waals surface area contributed by atoms with Crippen LogP contribution in [0.4, 0.5) is 13.2 Å². The molecule has 1 heterocycles. The zero-order chi connectivity index (χ0) is 18.8. The summed E-state index contributed by atoms with van der Waals surface area (Å²) in [5.74, 6) is -2.39. The molecule has 136 valence electrons. The van der Waals surface area contributed by atoms with E-state index in [0.717, 1.165) is 6.07 Å². The Bertz CT molecular complexity index is 734. The van der Waals surface area contributed by atoms with Crippen LogP contribution in [0.15, 0.2) is 30.5 Å². The standard InChI is InChI=1S/C19H24F3NOSi/c1-19(2,3)25(4,5)24-10-8-13-11-15(21)17(16(22)12-13)18-14(20)7-6-9-23-18/h6-7,9,11-12H,8,10H2,1-5H3. The van der Waals surface area contributed by atoms with E-state index in [1.165, 1.54) is 24.4 Å². The minimum atomic E-state index is -1.90. The highest BCUT2D eigenvalue weighted by Gasteiger charge is 2.36. The Balaban J connectivity index is 2.17. The minimum absolute atomic E-state index is 0.0733. The van der Waals surface area contributed by atoms with Crippen molar-refractivity contribution in [1.82, 2.24) is 4.98 Å². The van der Waals surface area contributed by atoms with Crippen LogP contribution in [0.3, 0.4) is 0 Å². The van der Waals surface area contributed by atoms with Gasteiger partial charge in [0.05, 0.1) is 5.56 Å². The Morgan fingerprint density at radius 1 is 1.04 bits per heavy atom. The number of rotatable bonds is 5. The largest absolute Gasteiger partial charge is 0.416 e. The molecule has 0 spiro atoms. The van der Waals surface area contributed by atoms with E-state index in [4.69, 9.17) is 4.43 Å². The van der Waals surface area contributed by atoms with Crippen molar-refractivity contribution in [3.8, 4) is 11.3 Å². The first-order valence-electron chi connectivity index (χ1n) is 8.26. The predicted octanol–water partition coefficient (Wildman–Crippen LogP) is 5.73. The van der Waals surface area contributed by atoms with Crippen molar-refractivity contribution in [2.24, 2.45) is 0 Å². The quantitative estimate of drug-likeness (QED) is 0.630. The average molecular weight is 367 g/mol. The summed E-state index contributed by atoms with van der Waals surface area (Å²) in [5.41, 5.74) is -0.275. The average Bonchev–Trinajstić information content (AvgIpc) is 2.47. The van der Waals surface area contributed by atoms with Crippen LogP contribution in [-0.2, 0) is 10.8 Å². The number of aromatic nitrogens is 1. The van der Waals surface area contributed by atoms with Crippen LogP contribution in [0.1, 0.15) is 26.3 Å². The predicted molar refractivity (Wildman–Crippen MR) is 96.4 cm³/mol. The van der Waals surface area contributed by atoms with Gasteiger partial charge in [0, 0.05) is 12.8 Å². The summed E-state index contributed by atoms with van der Waals surface area (Å²) in [5, 5.41) is 0.0733. The van der Waals surface area contributed by atoms with Gasteiger partial charge in [-0.15, -0.1) is 0 Å². The Morgan fingerprint density at radius 2 is 1.64 bits per heavy atom. The van der Waals surface area contributed by atoms with Gasteiger partial charge >= 0.3 is 0 Å². The van der Waals surface area contributed by atoms with Gasteiger partial charge in [0.1, 0.15) is 23.1 Å². The summed E-state index contributed by atoms with van der Waals surface area (Å²) < 4.78 is 48.5. The molecule has 6 heteroatoms. The van der Waals surface area contributed by atoms with Crippen molar-refractivity contribution in [2.45, 2.75) is 45.3 Å². The van der Waals surface area contributed by atoms with Crippen molar-refractivity contribution in [2.75, 3.05) is 6.61 Å². The summed E-state index contributed by atoms with van der Waals surface area (Å²) in [6, 6.07) is 4.95. The van der Waals surface area contributed by atoms with E-state index in [1.807, 2.05) is 0 Å². The number of nitrogens with zero attached hydrogens (tertiary/aromatic N) is 1. The van der Waals surface area contributed by atoms with E-state index in [9.17, 15) is 13.2 Å². The molecule has 2 nitrogen and oxygen atoms in total. The number of benzene rings is 1. The first kappa shape index (κ1) is 19.7. The molecule has 0 radical (unpaired) electrons. The molecule has 1 aromatic heterocycles. The first-order valence-corrected chi connectivity index (χ1v) is 11.2. The Morgan fingerprint density at radius 3 is 2.16 bits per heavy atom. The fraction of sp³-hybridized carbons (Fsp3) is 0.421. The lowest BCUT2D eigenvalue weighted by atomic mass is 10.0. The summed E-state index contributed by atoms with van der Waals surface area (Å²) in [4.78, 5) is 3.75. The van der Waals surface area contributed by atoms with Gasteiger partial charge in [0.2, 0.25) is 0 Å². The number of hydrogen-bond donors (Lipinski definition) is 0. The SMILES string of the molecule is CC(C)(C)[Si](C)(C)OCCc1cc(F)c(-c2ncccc2F)c(F)c1. The fourth-order valence-corrected chi connectivity index (χ4v) is 3.25. The lowest BCUT2D eigenvalue weighted by Crippen LogP contribution is -2.41. The number of pyridine rings is 1. The lowest BCUT2D eigenvalue weighted by Gasteiger charge is -2.36. The van der Waals surface area contributed by atoms with Crippen molar-refractivity contribution >= 4 is 8.32 Å². The number of hydrogen-bond acceptors (Lipinski definition) is 2. The van der Waals surface area contributed by atoms with Crippen LogP contribution in [0, 0.1) is 17.5 Å².